The SMILES string of the molecule is C[C@@H]1CN[C@H]2[C@H]3C(=O)N(Cc4ccccc4)C(=O)[C@H]3O[C@@]2(C)C1. The lowest BCUT2D eigenvalue weighted by atomic mass is 9.78. The molecular weight excluding hydrogens is 292 g/mol. The van der Waals surface area contributed by atoms with Crippen LogP contribution in [-0.2, 0) is 20.9 Å². The van der Waals surface area contributed by atoms with Gasteiger partial charge in [-0.2, -0.15) is 0 Å². The summed E-state index contributed by atoms with van der Waals surface area (Å²) in [6.07, 6.45) is 0.260. The zero-order valence-electron chi connectivity index (χ0n) is 13.5. The van der Waals surface area contributed by atoms with E-state index in [1.807, 2.05) is 37.3 Å². The lowest BCUT2D eigenvalue weighted by molar-refractivity contribution is -0.150. The summed E-state index contributed by atoms with van der Waals surface area (Å²) >= 11 is 0. The normalized spacial score (nSPS) is 39.5. The lowest BCUT2D eigenvalue weighted by Gasteiger charge is -2.40. The highest BCUT2D eigenvalue weighted by atomic mass is 16.5. The van der Waals surface area contributed by atoms with E-state index in [0.29, 0.717) is 12.5 Å². The number of benzene rings is 1. The minimum atomic E-state index is -0.626. The first-order valence-corrected chi connectivity index (χ1v) is 8.30. The van der Waals surface area contributed by atoms with E-state index in [9.17, 15) is 9.59 Å². The van der Waals surface area contributed by atoms with Crippen LogP contribution in [0.15, 0.2) is 30.3 Å². The van der Waals surface area contributed by atoms with Crippen LogP contribution in [0.1, 0.15) is 25.8 Å². The minimum absolute atomic E-state index is 0.0686. The first kappa shape index (κ1) is 14.8. The second-order valence-corrected chi connectivity index (χ2v) is 7.32. The van der Waals surface area contributed by atoms with Gasteiger partial charge in [0.05, 0.1) is 24.1 Å². The van der Waals surface area contributed by atoms with Gasteiger partial charge in [0.25, 0.3) is 5.91 Å². The molecule has 5 heteroatoms. The Hall–Kier alpha value is -1.72. The van der Waals surface area contributed by atoms with Gasteiger partial charge in [-0.25, -0.2) is 0 Å². The van der Waals surface area contributed by atoms with Crippen molar-refractivity contribution in [2.24, 2.45) is 11.8 Å². The number of fused-ring (bicyclic) bond motifs is 3. The van der Waals surface area contributed by atoms with Crippen molar-refractivity contribution in [2.75, 3.05) is 6.54 Å². The van der Waals surface area contributed by atoms with Crippen molar-refractivity contribution in [3.63, 3.8) is 0 Å². The number of hydrogen-bond donors (Lipinski definition) is 1. The van der Waals surface area contributed by atoms with Crippen LogP contribution in [-0.4, -0.2) is 41.0 Å². The molecule has 0 unspecified atom stereocenters. The zero-order chi connectivity index (χ0) is 16.2. The highest BCUT2D eigenvalue weighted by Crippen LogP contribution is 2.46. The van der Waals surface area contributed by atoms with Crippen molar-refractivity contribution in [2.45, 2.75) is 44.6 Å². The van der Waals surface area contributed by atoms with Crippen molar-refractivity contribution in [3.05, 3.63) is 35.9 Å². The number of nitrogens with one attached hydrogen (secondary N) is 1. The van der Waals surface area contributed by atoms with Gasteiger partial charge >= 0.3 is 0 Å². The highest BCUT2D eigenvalue weighted by Gasteiger charge is 2.64. The molecule has 0 aliphatic carbocycles. The number of ether oxygens (including phenoxy) is 1. The van der Waals surface area contributed by atoms with Gasteiger partial charge in [-0.05, 0) is 31.4 Å². The molecule has 0 spiro atoms. The standard InChI is InChI=1S/C18H22N2O3/c1-11-8-18(2)15(19-9-11)13-14(23-18)17(22)20(16(13)21)10-12-6-4-3-5-7-12/h3-7,11,13-15,19H,8-10H2,1-2H3/t11-,13-,14-,15-,18-/m0/s1. The molecule has 3 saturated heterocycles. The molecule has 5 nitrogen and oxygen atoms in total. The Kier molecular flexibility index (Phi) is 3.32. The summed E-state index contributed by atoms with van der Waals surface area (Å²) in [6, 6.07) is 9.55. The van der Waals surface area contributed by atoms with E-state index in [4.69, 9.17) is 4.74 Å². The molecule has 1 N–H and O–H groups in total. The van der Waals surface area contributed by atoms with Crippen LogP contribution in [0.2, 0.25) is 0 Å². The first-order chi connectivity index (χ1) is 11.0. The van der Waals surface area contributed by atoms with Gasteiger partial charge < -0.3 is 10.1 Å². The fourth-order valence-electron chi connectivity index (χ4n) is 4.44. The van der Waals surface area contributed by atoms with Gasteiger partial charge in [-0.15, -0.1) is 0 Å². The molecule has 5 atom stereocenters. The smallest absolute Gasteiger partial charge is 0.259 e. The van der Waals surface area contributed by atoms with Crippen LogP contribution in [0.25, 0.3) is 0 Å². The summed E-state index contributed by atoms with van der Waals surface area (Å²) < 4.78 is 6.12. The molecule has 3 heterocycles. The van der Waals surface area contributed by atoms with E-state index in [1.54, 1.807) is 0 Å². The summed E-state index contributed by atoms with van der Waals surface area (Å²) in [4.78, 5) is 27.0. The monoisotopic (exact) mass is 314 g/mol. The van der Waals surface area contributed by atoms with E-state index in [1.165, 1.54) is 4.90 Å². The third-order valence-electron chi connectivity index (χ3n) is 5.42. The Bertz CT molecular complexity index is 647. The van der Waals surface area contributed by atoms with Crippen LogP contribution in [0.4, 0.5) is 0 Å². The molecule has 3 aliphatic heterocycles. The van der Waals surface area contributed by atoms with E-state index in [-0.39, 0.29) is 23.8 Å². The van der Waals surface area contributed by atoms with Gasteiger partial charge in [0, 0.05) is 0 Å². The molecule has 0 saturated carbocycles. The molecule has 3 aliphatic rings. The summed E-state index contributed by atoms with van der Waals surface area (Å²) in [7, 11) is 0. The molecule has 0 radical (unpaired) electrons. The van der Waals surface area contributed by atoms with Gasteiger partial charge in [-0.3, -0.25) is 14.5 Å². The molecule has 1 aromatic rings. The second kappa shape index (κ2) is 5.14. The minimum Gasteiger partial charge on any atom is -0.360 e. The quantitative estimate of drug-likeness (QED) is 0.837. The maximum absolute atomic E-state index is 12.9. The number of carbonyl (C=O) groups is 2. The van der Waals surface area contributed by atoms with E-state index < -0.39 is 11.7 Å². The summed E-state index contributed by atoms with van der Waals surface area (Å²) in [6.45, 7) is 5.39. The van der Waals surface area contributed by atoms with Crippen LogP contribution in [0.5, 0.6) is 0 Å². The number of nitrogens with zero attached hydrogens (tertiary/aromatic N) is 1. The van der Waals surface area contributed by atoms with Gasteiger partial charge in [0.2, 0.25) is 5.91 Å². The number of likely N-dealkylation sites (tertiary alicyclic amines) is 1. The van der Waals surface area contributed by atoms with Crippen molar-refractivity contribution >= 4 is 11.8 Å². The molecular formula is C18H22N2O3. The first-order valence-electron chi connectivity index (χ1n) is 8.30. The largest absolute Gasteiger partial charge is 0.360 e. The van der Waals surface area contributed by atoms with Gasteiger partial charge in [0.1, 0.15) is 0 Å². The molecule has 0 aromatic heterocycles. The van der Waals surface area contributed by atoms with Crippen molar-refractivity contribution in [3.8, 4) is 0 Å². The Labute approximate surface area is 136 Å². The summed E-state index contributed by atoms with van der Waals surface area (Å²) in [5, 5.41) is 3.45. The third-order valence-corrected chi connectivity index (χ3v) is 5.42. The van der Waals surface area contributed by atoms with E-state index >= 15 is 0 Å². The highest BCUT2D eigenvalue weighted by molar-refractivity contribution is 6.07. The molecule has 0 bridgehead atoms. The zero-order valence-corrected chi connectivity index (χ0v) is 13.5. The van der Waals surface area contributed by atoms with Gasteiger partial charge in [0.15, 0.2) is 6.10 Å². The van der Waals surface area contributed by atoms with E-state index in [0.717, 1.165) is 18.5 Å². The topological polar surface area (TPSA) is 58.6 Å². The average Bonchev–Trinajstić information content (AvgIpc) is 2.94. The number of carbonyl (C=O) groups excluding carboxylic acids is 2. The van der Waals surface area contributed by atoms with Crippen LogP contribution >= 0.6 is 0 Å². The molecule has 122 valence electrons. The third kappa shape index (κ3) is 2.22. The van der Waals surface area contributed by atoms with Crippen molar-refractivity contribution in [1.82, 2.24) is 10.2 Å². The maximum atomic E-state index is 12.9. The number of imide groups is 1. The van der Waals surface area contributed by atoms with Gasteiger partial charge in [-0.1, -0.05) is 37.3 Å². The predicted octanol–water partition coefficient (Wildman–Crippen LogP) is 1.33. The predicted molar refractivity (Wildman–Crippen MR) is 84.3 cm³/mol. The summed E-state index contributed by atoms with van der Waals surface area (Å²) in [5.74, 6) is -0.182. The molecule has 4 rings (SSSR count). The summed E-state index contributed by atoms with van der Waals surface area (Å²) in [5.41, 5.74) is 0.541. The second-order valence-electron chi connectivity index (χ2n) is 7.32. The molecule has 3 fully saturated rings. The fourth-order valence-corrected chi connectivity index (χ4v) is 4.44. The average molecular weight is 314 g/mol. The fraction of sp³-hybridized carbons (Fsp3) is 0.556. The van der Waals surface area contributed by atoms with Crippen molar-refractivity contribution < 1.29 is 14.3 Å². The number of hydrogen-bond acceptors (Lipinski definition) is 4. The maximum Gasteiger partial charge on any atom is 0.259 e. The van der Waals surface area contributed by atoms with Crippen molar-refractivity contribution in [1.29, 1.82) is 0 Å². The van der Waals surface area contributed by atoms with E-state index in [2.05, 4.69) is 12.2 Å². The van der Waals surface area contributed by atoms with Crippen LogP contribution in [0.3, 0.4) is 0 Å². The number of piperidine rings is 1. The molecule has 1 aromatic carbocycles. The number of rotatable bonds is 2. The Morgan fingerprint density at radius 1 is 1.26 bits per heavy atom. The van der Waals surface area contributed by atoms with Crippen LogP contribution < -0.4 is 5.32 Å². The number of amides is 2. The van der Waals surface area contributed by atoms with Crippen LogP contribution in [0, 0.1) is 11.8 Å². The Morgan fingerprint density at radius 3 is 2.74 bits per heavy atom. The Balaban J connectivity index is 1.59. The molecule has 23 heavy (non-hydrogen) atoms. The molecule has 2 amide bonds. The Morgan fingerprint density at radius 2 is 2.00 bits per heavy atom. The lowest BCUT2D eigenvalue weighted by Crippen LogP contribution is -2.57.